The topological polar surface area (TPSA) is 208 Å². The summed E-state index contributed by atoms with van der Waals surface area (Å²) in [4.78, 5) is 40.6. The summed E-state index contributed by atoms with van der Waals surface area (Å²) in [6.07, 6.45) is 2.54. The lowest BCUT2D eigenvalue weighted by atomic mass is 9.75. The van der Waals surface area contributed by atoms with Gasteiger partial charge >= 0.3 is 0 Å². The number of aliphatic hydroxyl groups is 3. The number of carbonyl (C=O) groups is 3. The smallest absolute Gasteiger partial charge is 0.241 e. The van der Waals surface area contributed by atoms with Crippen molar-refractivity contribution in [3.8, 4) is 29.4 Å². The molecule has 3 aliphatic carbocycles. The van der Waals surface area contributed by atoms with Crippen molar-refractivity contribution in [2.45, 2.75) is 62.5 Å². The molecule has 1 saturated carbocycles. The van der Waals surface area contributed by atoms with Crippen LogP contribution in [0, 0.1) is 35.0 Å². The summed E-state index contributed by atoms with van der Waals surface area (Å²) in [5.74, 6) is 8.31. The summed E-state index contributed by atoms with van der Waals surface area (Å²) in [5, 5.41) is 51.2. The highest BCUT2D eigenvalue weighted by molar-refractivity contribution is 6.31. The third kappa shape index (κ3) is 4.47. The number of nitrogens with two attached hydrogens (primary N) is 2. The van der Waals surface area contributed by atoms with Gasteiger partial charge in [-0.25, -0.2) is 0 Å². The van der Waals surface area contributed by atoms with Crippen LogP contribution in [0.1, 0.15) is 70.0 Å². The molecule has 0 radical (unpaired) electrons. The van der Waals surface area contributed by atoms with Crippen LogP contribution in [-0.2, 0) is 10.4 Å². The number of rotatable bonds is 7. The van der Waals surface area contributed by atoms with Crippen molar-refractivity contribution < 1.29 is 34.8 Å². The molecule has 6 rings (SSSR count). The Labute approximate surface area is 259 Å². The zero-order valence-corrected chi connectivity index (χ0v) is 24.6. The van der Waals surface area contributed by atoms with Crippen molar-refractivity contribution in [1.29, 1.82) is 0 Å². The van der Waals surface area contributed by atoms with Crippen LogP contribution in [0.5, 0.6) is 5.75 Å². The van der Waals surface area contributed by atoms with Gasteiger partial charge in [-0.05, 0) is 69.1 Å². The van der Waals surface area contributed by atoms with E-state index in [9.17, 15) is 34.8 Å². The largest absolute Gasteiger partial charge is 0.507 e. The third-order valence-electron chi connectivity index (χ3n) is 9.56. The summed E-state index contributed by atoms with van der Waals surface area (Å²) in [6, 6.07) is 3.83. The third-order valence-corrected chi connectivity index (χ3v) is 9.56. The predicted molar refractivity (Wildman–Crippen MR) is 165 cm³/mol. The molecule has 1 heterocycles. The Morgan fingerprint density at radius 3 is 2.53 bits per heavy atom. The summed E-state index contributed by atoms with van der Waals surface area (Å²) in [5.41, 5.74) is 8.52. The highest BCUT2D eigenvalue weighted by Gasteiger charge is 2.83. The first-order valence-corrected chi connectivity index (χ1v) is 14.9. The summed E-state index contributed by atoms with van der Waals surface area (Å²) in [7, 11) is 0. The number of benzene rings is 2. The summed E-state index contributed by atoms with van der Waals surface area (Å²) >= 11 is 0. The molecule has 0 saturated heterocycles. The number of carbonyl (C=O) groups excluding carboxylic acids is 3. The van der Waals surface area contributed by atoms with Crippen molar-refractivity contribution in [2.75, 3.05) is 17.2 Å². The summed E-state index contributed by atoms with van der Waals surface area (Å²) in [6.45, 7) is 2.01. The van der Waals surface area contributed by atoms with Gasteiger partial charge in [0.2, 0.25) is 5.91 Å². The molecule has 45 heavy (non-hydrogen) atoms. The maximum atomic E-state index is 14.1. The van der Waals surface area contributed by atoms with Crippen LogP contribution in [0.2, 0.25) is 0 Å². The Kier molecular flexibility index (Phi) is 7.56. The molecular weight excluding hydrogens is 576 g/mol. The molecule has 7 atom stereocenters. The number of hydrogen-bond donors (Lipinski definition) is 8. The summed E-state index contributed by atoms with van der Waals surface area (Å²) < 4.78 is 0. The number of ketones is 2. The van der Waals surface area contributed by atoms with E-state index in [0.717, 1.165) is 6.42 Å². The predicted octanol–water partition coefficient (Wildman–Crippen LogP) is 0.869. The maximum Gasteiger partial charge on any atom is 0.241 e. The van der Waals surface area contributed by atoms with E-state index in [1.807, 2.05) is 0 Å². The fraction of sp³-hybridized carbons (Fsp3) is 0.382. The van der Waals surface area contributed by atoms with Crippen molar-refractivity contribution in [2.24, 2.45) is 22.8 Å². The molecule has 1 aliphatic heterocycles. The average Bonchev–Trinajstić information content (AvgIpc) is 3.57. The monoisotopic (exact) mass is 610 g/mol. The van der Waals surface area contributed by atoms with Gasteiger partial charge in [0.25, 0.3) is 0 Å². The molecule has 232 valence electrons. The minimum absolute atomic E-state index is 0.0136. The SMILES string of the molecule is C[C@@H](O)[C@]12C3C[C@H](O)C#C/C=C\C#C[C@@H]1Nc1c(cc(O)c4c1C(=O)c1ccc(NC(=O)[C@@H](N)CCCCN)cc1C4=O)[C@@]32O. The molecule has 1 amide bonds. The van der Waals surface area contributed by atoms with E-state index in [1.165, 1.54) is 43.3 Å². The maximum absolute atomic E-state index is 14.1. The molecule has 11 heteroatoms. The lowest BCUT2D eigenvalue weighted by Crippen LogP contribution is -2.47. The Balaban J connectivity index is 1.42. The number of anilines is 2. The van der Waals surface area contributed by atoms with Gasteiger partial charge in [0, 0.05) is 28.3 Å². The second-order valence-electron chi connectivity index (χ2n) is 12.0. The van der Waals surface area contributed by atoms with Gasteiger partial charge in [-0.15, -0.1) is 0 Å². The molecule has 11 nitrogen and oxygen atoms in total. The first kappa shape index (κ1) is 30.5. The van der Waals surface area contributed by atoms with Gasteiger partial charge in [-0.2, -0.15) is 0 Å². The number of amides is 1. The Bertz CT molecular complexity index is 1800. The van der Waals surface area contributed by atoms with Gasteiger partial charge in [0.15, 0.2) is 11.6 Å². The fourth-order valence-corrected chi connectivity index (χ4v) is 7.43. The van der Waals surface area contributed by atoms with Crippen LogP contribution in [0.15, 0.2) is 36.4 Å². The Hall–Kier alpha value is -4.49. The van der Waals surface area contributed by atoms with Crippen molar-refractivity contribution in [1.82, 2.24) is 0 Å². The first-order valence-electron chi connectivity index (χ1n) is 14.9. The van der Waals surface area contributed by atoms with Crippen LogP contribution in [-0.4, -0.2) is 68.7 Å². The zero-order valence-electron chi connectivity index (χ0n) is 24.6. The van der Waals surface area contributed by atoms with Crippen molar-refractivity contribution >= 4 is 28.8 Å². The van der Waals surface area contributed by atoms with E-state index < -0.39 is 64.4 Å². The number of allylic oxidation sites excluding steroid dienone is 2. The highest BCUT2D eigenvalue weighted by atomic mass is 16.3. The normalized spacial score (nSPS) is 28.9. The lowest BCUT2D eigenvalue weighted by Gasteiger charge is -2.38. The quantitative estimate of drug-likeness (QED) is 0.108. The number of fused-ring (bicyclic) bond motifs is 6. The minimum Gasteiger partial charge on any atom is -0.507 e. The van der Waals surface area contributed by atoms with E-state index in [1.54, 1.807) is 0 Å². The molecule has 0 spiro atoms. The van der Waals surface area contributed by atoms with Gasteiger partial charge < -0.3 is 42.5 Å². The zero-order chi connectivity index (χ0) is 32.3. The van der Waals surface area contributed by atoms with Gasteiger partial charge in [0.1, 0.15) is 17.5 Å². The van der Waals surface area contributed by atoms with Crippen LogP contribution >= 0.6 is 0 Å². The van der Waals surface area contributed by atoms with Crippen LogP contribution < -0.4 is 22.1 Å². The minimum atomic E-state index is -1.82. The molecule has 1 fully saturated rings. The molecule has 0 bridgehead atoms. The molecule has 0 aromatic heterocycles. The van der Waals surface area contributed by atoms with E-state index in [0.29, 0.717) is 19.4 Å². The number of phenolic OH excluding ortho intramolecular Hbond substituents is 1. The Morgan fingerprint density at radius 2 is 1.82 bits per heavy atom. The molecule has 2 aromatic carbocycles. The van der Waals surface area contributed by atoms with Gasteiger partial charge in [0.05, 0.1) is 40.4 Å². The van der Waals surface area contributed by atoms with Crippen LogP contribution in [0.25, 0.3) is 0 Å². The Morgan fingerprint density at radius 1 is 1.11 bits per heavy atom. The molecular formula is C34H34N4O7. The second kappa shape index (κ2) is 11.1. The molecule has 4 aliphatic rings. The highest BCUT2D eigenvalue weighted by Crippen LogP contribution is 2.76. The first-order chi connectivity index (χ1) is 21.5. The molecule has 1 unspecified atom stereocenters. The van der Waals surface area contributed by atoms with Crippen LogP contribution in [0.3, 0.4) is 0 Å². The fourth-order valence-electron chi connectivity index (χ4n) is 7.43. The van der Waals surface area contributed by atoms with E-state index >= 15 is 0 Å². The molecule has 10 N–H and O–H groups in total. The van der Waals surface area contributed by atoms with Crippen LogP contribution in [0.4, 0.5) is 11.4 Å². The number of unbranched alkanes of at least 4 members (excludes halogenated alkanes) is 1. The number of aromatic hydroxyl groups is 1. The number of nitrogens with one attached hydrogen (secondary N) is 2. The number of hydrogen-bond acceptors (Lipinski definition) is 10. The van der Waals surface area contributed by atoms with E-state index in [2.05, 4.69) is 34.3 Å². The average molecular weight is 611 g/mol. The number of aliphatic hydroxyl groups excluding tert-OH is 2. The van der Waals surface area contributed by atoms with Gasteiger partial charge in [-0.3, -0.25) is 14.4 Å². The van der Waals surface area contributed by atoms with Crippen molar-refractivity contribution in [3.63, 3.8) is 0 Å². The van der Waals surface area contributed by atoms with Crippen molar-refractivity contribution in [3.05, 3.63) is 64.2 Å². The standard InChI is InChI=1S/C34H34N4O7/c1-17(39)33-25-15-19(40)8-4-2-3-5-10-26(33)38-29-22(34(25,33)45)16-24(41)27-28(29)30(42)20-12-11-18(14-21(20)31(27)43)37-32(44)23(36)9-6-7-13-35/h2-3,11-12,14,16-17,19,23,25-26,38-41,45H,6-7,9,13,15,35-36H2,1H3,(H,37,44)/b3-2-/t17-,19-,23+,25?,26+,33+,34-/m1/s1. The van der Waals surface area contributed by atoms with E-state index in [4.69, 9.17) is 11.5 Å². The van der Waals surface area contributed by atoms with Gasteiger partial charge in [-0.1, -0.05) is 30.1 Å². The van der Waals surface area contributed by atoms with E-state index in [-0.39, 0.29) is 45.6 Å². The number of phenols is 1. The second-order valence-corrected chi connectivity index (χ2v) is 12.0. The molecule has 2 aromatic rings. The lowest BCUT2D eigenvalue weighted by molar-refractivity contribution is -0.117.